The van der Waals surface area contributed by atoms with Gasteiger partial charge in [-0.2, -0.15) is 0 Å². The monoisotopic (exact) mass is 353 g/mol. The van der Waals surface area contributed by atoms with Crippen molar-refractivity contribution in [3.63, 3.8) is 0 Å². The Morgan fingerprint density at radius 2 is 1.92 bits per heavy atom. The quantitative estimate of drug-likeness (QED) is 0.519. The molecule has 1 aromatic rings. The molecule has 0 bridgehead atoms. The fourth-order valence-electron chi connectivity index (χ4n) is 2.91. The van der Waals surface area contributed by atoms with Crippen molar-refractivity contribution < 1.29 is 13.9 Å². The maximum absolute atomic E-state index is 12.8. The third kappa shape index (κ3) is 5.23. The fraction of sp³-hybridized carbons (Fsp3) is 0.611. The van der Waals surface area contributed by atoms with E-state index in [2.05, 4.69) is 0 Å². The van der Waals surface area contributed by atoms with Gasteiger partial charge in [0.2, 0.25) is 0 Å². The average Bonchev–Trinajstić information content (AvgIpc) is 2.45. The van der Waals surface area contributed by atoms with Gasteiger partial charge in [0.1, 0.15) is 5.78 Å². The van der Waals surface area contributed by atoms with Gasteiger partial charge in [-0.15, -0.1) is 0 Å². The van der Waals surface area contributed by atoms with Crippen molar-refractivity contribution >= 4 is 22.3 Å². The van der Waals surface area contributed by atoms with E-state index < -0.39 is 25.9 Å². The third-order valence-electron chi connectivity index (χ3n) is 4.08. The summed E-state index contributed by atoms with van der Waals surface area (Å²) < 4.78 is 12.4. The molecule has 0 aliphatic carbocycles. The maximum Gasteiger partial charge on any atom is 0.269 e. The number of carbonyl (C=O) groups is 1. The number of nitro groups is 1. The normalized spacial score (nSPS) is 15.5. The van der Waals surface area contributed by atoms with Crippen LogP contribution < -0.4 is 0 Å². The van der Waals surface area contributed by atoms with Gasteiger partial charge >= 0.3 is 0 Å². The van der Waals surface area contributed by atoms with Crippen molar-refractivity contribution in [2.24, 2.45) is 0 Å². The minimum Gasteiger partial charge on any atom is -0.300 e. The molecule has 134 valence electrons. The van der Waals surface area contributed by atoms with Crippen LogP contribution in [0.25, 0.3) is 0 Å². The van der Waals surface area contributed by atoms with Crippen LogP contribution in [0.3, 0.4) is 0 Å². The van der Waals surface area contributed by atoms with Gasteiger partial charge in [-0.1, -0.05) is 25.5 Å². The van der Waals surface area contributed by atoms with Crippen molar-refractivity contribution in [2.75, 3.05) is 5.75 Å². The molecule has 0 N–H and O–H groups in total. The van der Waals surface area contributed by atoms with Gasteiger partial charge in [-0.25, -0.2) is 0 Å². The molecule has 5 nitrogen and oxygen atoms in total. The average molecular weight is 353 g/mol. The first kappa shape index (κ1) is 20.5. The second-order valence-corrected chi connectivity index (χ2v) is 9.52. The zero-order chi connectivity index (χ0) is 18.5. The predicted molar refractivity (Wildman–Crippen MR) is 97.7 cm³/mol. The van der Waals surface area contributed by atoms with Gasteiger partial charge < -0.3 is 0 Å². The van der Waals surface area contributed by atoms with E-state index in [-0.39, 0.29) is 17.9 Å². The second kappa shape index (κ2) is 8.01. The van der Waals surface area contributed by atoms with E-state index in [0.29, 0.717) is 12.2 Å². The van der Waals surface area contributed by atoms with Crippen molar-refractivity contribution in [3.05, 3.63) is 39.9 Å². The fourth-order valence-corrected chi connectivity index (χ4v) is 4.26. The Hall–Kier alpha value is -1.56. The summed E-state index contributed by atoms with van der Waals surface area (Å²) in [7, 11) is -1.16. The zero-order valence-electron chi connectivity index (χ0n) is 15.1. The standard InChI is InChI=1S/C18H27NO4S/c1-6-10-18(12-14(2)20,13-24(23)17(3,4)5)15-8-7-9-16(11-15)19(21)22/h7-9,11H,6,10,12-13H2,1-5H3/t18-,24+/m1/s1. The summed E-state index contributed by atoms with van der Waals surface area (Å²) in [5, 5.41) is 11.1. The van der Waals surface area contributed by atoms with Crippen LogP contribution in [0, 0.1) is 10.1 Å². The Labute approximate surface area is 146 Å². The van der Waals surface area contributed by atoms with Gasteiger partial charge in [-0.3, -0.25) is 19.1 Å². The van der Waals surface area contributed by atoms with E-state index >= 15 is 0 Å². The largest absolute Gasteiger partial charge is 0.300 e. The van der Waals surface area contributed by atoms with Crippen molar-refractivity contribution in [3.8, 4) is 0 Å². The summed E-state index contributed by atoms with van der Waals surface area (Å²) >= 11 is 0. The number of rotatable bonds is 8. The molecule has 0 fully saturated rings. The third-order valence-corrected chi connectivity index (χ3v) is 6.26. The molecule has 0 amide bonds. The van der Waals surface area contributed by atoms with E-state index in [1.165, 1.54) is 19.1 Å². The van der Waals surface area contributed by atoms with E-state index in [1.54, 1.807) is 6.07 Å². The number of carbonyl (C=O) groups excluding carboxylic acids is 1. The van der Waals surface area contributed by atoms with Gasteiger partial charge in [-0.05, 0) is 39.7 Å². The van der Waals surface area contributed by atoms with E-state index in [4.69, 9.17) is 0 Å². The second-order valence-electron chi connectivity index (χ2n) is 7.32. The summed E-state index contributed by atoms with van der Waals surface area (Å²) in [5.74, 6) is 0.325. The number of nitrogens with zero attached hydrogens (tertiary/aromatic N) is 1. The summed E-state index contributed by atoms with van der Waals surface area (Å²) in [6, 6.07) is 6.41. The predicted octanol–water partition coefficient (Wildman–Crippen LogP) is 4.16. The molecule has 0 saturated carbocycles. The lowest BCUT2D eigenvalue weighted by Crippen LogP contribution is -2.39. The minimum atomic E-state index is -1.16. The van der Waals surface area contributed by atoms with E-state index in [1.807, 2.05) is 33.8 Å². The number of non-ortho nitro benzene ring substituents is 1. The first-order valence-electron chi connectivity index (χ1n) is 8.15. The molecule has 24 heavy (non-hydrogen) atoms. The molecular formula is C18H27NO4S. The van der Waals surface area contributed by atoms with Crippen molar-refractivity contribution in [1.29, 1.82) is 0 Å². The molecule has 0 aliphatic rings. The summed E-state index contributed by atoms with van der Waals surface area (Å²) in [4.78, 5) is 22.6. The number of nitro benzene ring substituents is 1. The highest BCUT2D eigenvalue weighted by Crippen LogP contribution is 2.37. The maximum atomic E-state index is 12.8. The first-order valence-corrected chi connectivity index (χ1v) is 9.46. The SMILES string of the molecule is CCC[C@@](CC(C)=O)(C[S@](=O)C(C)(C)C)c1cccc([N+](=O)[O-])c1. The highest BCUT2D eigenvalue weighted by atomic mass is 32.2. The van der Waals surface area contributed by atoms with E-state index in [9.17, 15) is 19.1 Å². The lowest BCUT2D eigenvalue weighted by molar-refractivity contribution is -0.385. The topological polar surface area (TPSA) is 77.3 Å². The van der Waals surface area contributed by atoms with Gasteiger partial charge in [0.05, 0.1) is 4.92 Å². The highest BCUT2D eigenvalue weighted by Gasteiger charge is 2.38. The smallest absolute Gasteiger partial charge is 0.269 e. The molecule has 0 saturated heterocycles. The number of ketones is 1. The van der Waals surface area contributed by atoms with Crippen molar-refractivity contribution in [2.45, 2.75) is 64.0 Å². The molecule has 6 heteroatoms. The molecule has 0 aliphatic heterocycles. The Morgan fingerprint density at radius 3 is 2.38 bits per heavy atom. The minimum absolute atomic E-state index is 0.000801. The lowest BCUT2D eigenvalue weighted by Gasteiger charge is -2.35. The van der Waals surface area contributed by atoms with Crippen LogP contribution in [0.4, 0.5) is 5.69 Å². The Bertz CT molecular complexity index is 636. The lowest BCUT2D eigenvalue weighted by atomic mass is 9.74. The zero-order valence-corrected chi connectivity index (χ0v) is 15.9. The Morgan fingerprint density at radius 1 is 1.29 bits per heavy atom. The summed E-state index contributed by atoms with van der Waals surface area (Å²) in [6.45, 7) is 9.23. The first-order chi connectivity index (χ1) is 11.0. The number of hydrogen-bond donors (Lipinski definition) is 0. The number of benzene rings is 1. The molecule has 2 atom stereocenters. The van der Waals surface area contributed by atoms with Crippen LogP contribution in [-0.2, 0) is 21.0 Å². The molecule has 0 radical (unpaired) electrons. The Kier molecular flexibility index (Phi) is 6.84. The van der Waals surface area contributed by atoms with Gasteiger partial charge in [0, 0.05) is 45.3 Å². The molecule has 1 rings (SSSR count). The number of hydrogen-bond acceptors (Lipinski definition) is 4. The van der Waals surface area contributed by atoms with Crippen LogP contribution >= 0.6 is 0 Å². The van der Waals surface area contributed by atoms with Crippen LogP contribution in [0.5, 0.6) is 0 Å². The van der Waals surface area contributed by atoms with Crippen LogP contribution in [0.15, 0.2) is 24.3 Å². The van der Waals surface area contributed by atoms with Gasteiger partial charge in [0.15, 0.2) is 0 Å². The Balaban J connectivity index is 3.44. The molecule has 0 heterocycles. The molecular weight excluding hydrogens is 326 g/mol. The molecule has 0 unspecified atom stereocenters. The number of Topliss-reactive ketones (excluding diaryl/α,β-unsaturated/α-hetero) is 1. The van der Waals surface area contributed by atoms with E-state index in [0.717, 1.165) is 12.0 Å². The molecule has 0 aromatic heterocycles. The van der Waals surface area contributed by atoms with Crippen LogP contribution in [0.2, 0.25) is 0 Å². The highest BCUT2D eigenvalue weighted by molar-refractivity contribution is 7.86. The van der Waals surface area contributed by atoms with Gasteiger partial charge in [0.25, 0.3) is 5.69 Å². The summed E-state index contributed by atoms with van der Waals surface area (Å²) in [6.07, 6.45) is 1.71. The van der Waals surface area contributed by atoms with Crippen LogP contribution in [0.1, 0.15) is 59.4 Å². The van der Waals surface area contributed by atoms with Crippen molar-refractivity contribution in [1.82, 2.24) is 0 Å². The molecule has 0 spiro atoms. The van der Waals surface area contributed by atoms with Crippen LogP contribution in [-0.4, -0.2) is 25.4 Å². The molecule has 1 aromatic carbocycles. The summed E-state index contributed by atoms with van der Waals surface area (Å²) in [5.41, 5.74) is 0.0921.